The van der Waals surface area contributed by atoms with Crippen LogP contribution in [0.25, 0.3) is 10.9 Å². The summed E-state index contributed by atoms with van der Waals surface area (Å²) >= 11 is 6.92. The summed E-state index contributed by atoms with van der Waals surface area (Å²) in [6.07, 6.45) is 13.1. The summed E-state index contributed by atoms with van der Waals surface area (Å²) in [5.41, 5.74) is 15.3. The number of hydrazine groups is 2. The molecule has 2 aliphatic heterocycles. The van der Waals surface area contributed by atoms with E-state index in [1.54, 1.807) is 6.20 Å². The molecule has 2 atom stereocenters. The normalized spacial score (nSPS) is 16.8. The molecule has 9 heteroatoms. The molecule has 4 aromatic rings. The summed E-state index contributed by atoms with van der Waals surface area (Å²) in [4.78, 5) is 4.59. The first-order chi connectivity index (χ1) is 21.6. The zero-order valence-electron chi connectivity index (χ0n) is 24.2. The van der Waals surface area contributed by atoms with E-state index >= 15 is 0 Å². The van der Waals surface area contributed by atoms with Crippen LogP contribution in [0.3, 0.4) is 0 Å². The van der Waals surface area contributed by atoms with E-state index in [-0.39, 0.29) is 12.1 Å². The van der Waals surface area contributed by atoms with E-state index in [1.165, 1.54) is 29.5 Å². The second kappa shape index (κ2) is 12.1. The van der Waals surface area contributed by atoms with Crippen molar-refractivity contribution in [3.8, 4) is 18.4 Å². The molecule has 7 rings (SSSR count). The number of nitrogens with one attached hydrogen (secondary N) is 5. The summed E-state index contributed by atoms with van der Waals surface area (Å²) in [7, 11) is 0. The van der Waals surface area contributed by atoms with E-state index in [2.05, 4.69) is 85.4 Å². The fraction of sp³-hybridized carbons (Fsp3) is 0.257. The number of nitrogens with zero attached hydrogens (tertiary/aromatic N) is 3. The molecule has 0 spiro atoms. The fourth-order valence-electron chi connectivity index (χ4n) is 6.15. The molecule has 1 aromatic heterocycles. The first kappa shape index (κ1) is 28.1. The second-order valence-corrected chi connectivity index (χ2v) is 11.9. The molecule has 1 fully saturated rings. The summed E-state index contributed by atoms with van der Waals surface area (Å²) in [6, 6.07) is 23.2. The van der Waals surface area contributed by atoms with Gasteiger partial charge in [-0.05, 0) is 53.6 Å². The third kappa shape index (κ3) is 5.52. The molecule has 8 nitrogen and oxygen atoms in total. The van der Waals surface area contributed by atoms with E-state index in [1.807, 2.05) is 30.3 Å². The maximum Gasteiger partial charge on any atom is 0.103 e. The first-order valence-corrected chi connectivity index (χ1v) is 15.4. The molecule has 5 N–H and O–H groups in total. The van der Waals surface area contributed by atoms with Crippen molar-refractivity contribution in [1.29, 1.82) is 5.26 Å². The highest BCUT2D eigenvalue weighted by molar-refractivity contribution is 6.35. The number of pyridine rings is 1. The SMILES string of the molecule is C#CCC[C@@H](Nc1c(C#N)cnc2c(Cl)cc(N[C@H](C3=CN(C4CC4)NN3)c3cccc4c3CNC4)cc12)c1ccccc1. The van der Waals surface area contributed by atoms with Crippen molar-refractivity contribution in [3.05, 3.63) is 112 Å². The number of nitriles is 1. The van der Waals surface area contributed by atoms with E-state index in [4.69, 9.17) is 18.0 Å². The van der Waals surface area contributed by atoms with Crippen LogP contribution in [-0.2, 0) is 13.1 Å². The molecular weight excluding hydrogens is 568 g/mol. The molecule has 3 heterocycles. The van der Waals surface area contributed by atoms with Crippen LogP contribution in [0.15, 0.2) is 78.8 Å². The van der Waals surface area contributed by atoms with Crippen molar-refractivity contribution < 1.29 is 0 Å². The number of fused-ring (bicyclic) bond motifs is 2. The maximum atomic E-state index is 10.1. The maximum absolute atomic E-state index is 10.1. The Labute approximate surface area is 262 Å². The molecule has 44 heavy (non-hydrogen) atoms. The first-order valence-electron chi connectivity index (χ1n) is 15.0. The molecule has 1 aliphatic carbocycles. The van der Waals surface area contributed by atoms with Gasteiger partial charge in [-0.2, -0.15) is 5.26 Å². The minimum absolute atomic E-state index is 0.0974. The van der Waals surface area contributed by atoms with Crippen LogP contribution in [0.2, 0.25) is 5.02 Å². The smallest absolute Gasteiger partial charge is 0.103 e. The Morgan fingerprint density at radius 1 is 1.09 bits per heavy atom. The van der Waals surface area contributed by atoms with Gasteiger partial charge >= 0.3 is 0 Å². The third-order valence-electron chi connectivity index (χ3n) is 8.55. The number of hydrogen-bond donors (Lipinski definition) is 5. The van der Waals surface area contributed by atoms with Crippen LogP contribution >= 0.6 is 11.6 Å². The van der Waals surface area contributed by atoms with Crippen LogP contribution in [0, 0.1) is 23.7 Å². The molecule has 3 aromatic carbocycles. The van der Waals surface area contributed by atoms with Crippen molar-refractivity contribution in [2.75, 3.05) is 10.6 Å². The lowest BCUT2D eigenvalue weighted by atomic mass is 9.95. The predicted octanol–water partition coefficient (Wildman–Crippen LogP) is 6.41. The largest absolute Gasteiger partial charge is 0.377 e. The Kier molecular flexibility index (Phi) is 7.72. The van der Waals surface area contributed by atoms with Gasteiger partial charge in [0.05, 0.1) is 39.6 Å². The molecule has 0 amide bonds. The zero-order valence-corrected chi connectivity index (χ0v) is 25.0. The van der Waals surface area contributed by atoms with Crippen LogP contribution in [0.1, 0.15) is 65.6 Å². The summed E-state index contributed by atoms with van der Waals surface area (Å²) < 4.78 is 0. The van der Waals surface area contributed by atoms with Gasteiger partial charge in [-0.25, -0.2) is 0 Å². The molecule has 0 unspecified atom stereocenters. The van der Waals surface area contributed by atoms with Gasteiger partial charge in [-0.1, -0.05) is 60.1 Å². The van der Waals surface area contributed by atoms with Crippen molar-refractivity contribution in [1.82, 2.24) is 26.3 Å². The molecule has 220 valence electrons. The summed E-state index contributed by atoms with van der Waals surface area (Å²) in [6.45, 7) is 1.67. The Hall–Kier alpha value is -4.73. The highest BCUT2D eigenvalue weighted by Crippen LogP contribution is 2.39. The van der Waals surface area contributed by atoms with Gasteiger partial charge in [0.1, 0.15) is 6.07 Å². The monoisotopic (exact) mass is 600 g/mol. The second-order valence-electron chi connectivity index (χ2n) is 11.5. The Balaban J connectivity index is 1.31. The zero-order chi connectivity index (χ0) is 30.0. The minimum Gasteiger partial charge on any atom is -0.377 e. The topological polar surface area (TPSA) is 100 Å². The number of halogens is 1. The highest BCUT2D eigenvalue weighted by atomic mass is 35.5. The number of benzene rings is 3. The van der Waals surface area contributed by atoms with Crippen LogP contribution in [-0.4, -0.2) is 16.0 Å². The van der Waals surface area contributed by atoms with Crippen molar-refractivity contribution in [2.45, 2.75) is 56.9 Å². The molecular formula is C35H33ClN8. The van der Waals surface area contributed by atoms with Crippen molar-refractivity contribution in [3.63, 3.8) is 0 Å². The van der Waals surface area contributed by atoms with Gasteiger partial charge in [0.25, 0.3) is 0 Å². The van der Waals surface area contributed by atoms with Crippen LogP contribution in [0.5, 0.6) is 0 Å². The van der Waals surface area contributed by atoms with Crippen molar-refractivity contribution in [2.24, 2.45) is 0 Å². The van der Waals surface area contributed by atoms with Gasteiger partial charge in [0.2, 0.25) is 0 Å². The van der Waals surface area contributed by atoms with Gasteiger partial charge in [-0.3, -0.25) is 9.99 Å². The van der Waals surface area contributed by atoms with Gasteiger partial charge < -0.3 is 21.4 Å². The Bertz CT molecular complexity index is 1820. The lowest BCUT2D eigenvalue weighted by Gasteiger charge is -2.25. The van der Waals surface area contributed by atoms with Gasteiger partial charge in [0, 0.05) is 49.0 Å². The fourth-order valence-corrected chi connectivity index (χ4v) is 6.42. The quantitative estimate of drug-likeness (QED) is 0.133. The van der Waals surface area contributed by atoms with E-state index in [9.17, 15) is 5.26 Å². The third-order valence-corrected chi connectivity index (χ3v) is 8.84. The molecule has 1 saturated carbocycles. The van der Waals surface area contributed by atoms with Crippen LogP contribution in [0.4, 0.5) is 11.4 Å². The summed E-state index contributed by atoms with van der Waals surface area (Å²) in [5.74, 6) is 2.76. The number of aromatic nitrogens is 1. The molecule has 0 saturated heterocycles. The van der Waals surface area contributed by atoms with Gasteiger partial charge in [-0.15, -0.1) is 17.9 Å². The van der Waals surface area contributed by atoms with E-state index < -0.39 is 0 Å². The Morgan fingerprint density at radius 2 is 1.95 bits per heavy atom. The number of rotatable bonds is 10. The molecule has 3 aliphatic rings. The molecule has 0 radical (unpaired) electrons. The van der Waals surface area contributed by atoms with Crippen molar-refractivity contribution >= 4 is 33.9 Å². The number of anilines is 2. The average Bonchev–Trinajstić information content (AvgIpc) is 3.57. The lowest BCUT2D eigenvalue weighted by Crippen LogP contribution is -2.38. The predicted molar refractivity (Wildman–Crippen MR) is 175 cm³/mol. The number of hydrogen-bond acceptors (Lipinski definition) is 8. The standard InChI is InChI=1S/C35H33ClN8/c1-2-3-12-31(22-8-5-4-6-9-22)41-33-24(17-37)19-39-34-28(33)15-25(16-30(34)36)40-35(32-21-44(43-42-32)26-13-14-26)27-11-7-10-23-18-38-20-29(23)27/h1,4-11,15-16,19,21,26,31,35,38,40,42-43H,3,12-14,18,20H2,(H,39,41)/t31-,35+/m1/s1. The lowest BCUT2D eigenvalue weighted by molar-refractivity contribution is 0.260. The van der Waals surface area contributed by atoms with E-state index in [0.717, 1.165) is 35.4 Å². The van der Waals surface area contributed by atoms with E-state index in [0.29, 0.717) is 40.7 Å². The molecule has 0 bridgehead atoms. The van der Waals surface area contributed by atoms with Gasteiger partial charge in [0.15, 0.2) is 0 Å². The minimum atomic E-state index is -0.175. The highest BCUT2D eigenvalue weighted by Gasteiger charge is 2.33. The summed E-state index contributed by atoms with van der Waals surface area (Å²) in [5, 5.41) is 24.5. The Morgan fingerprint density at radius 3 is 2.75 bits per heavy atom. The van der Waals surface area contributed by atoms with Crippen LogP contribution < -0.4 is 26.9 Å². The average molecular weight is 601 g/mol. The number of terminal acetylenes is 1.